The number of amides is 1. The van der Waals surface area contributed by atoms with Gasteiger partial charge in [-0.1, -0.05) is 27.7 Å². The lowest BCUT2D eigenvalue weighted by atomic mass is 10.1. The Bertz CT molecular complexity index is 263. The maximum Gasteiger partial charge on any atom is 0.407 e. The quantitative estimate of drug-likeness (QED) is 0.654. The lowest BCUT2D eigenvalue weighted by Crippen LogP contribution is -2.33. The summed E-state index contributed by atoms with van der Waals surface area (Å²) in [5.41, 5.74) is 4.83. The van der Waals surface area contributed by atoms with Crippen LogP contribution in [0.2, 0.25) is 0 Å². The van der Waals surface area contributed by atoms with Crippen LogP contribution in [-0.4, -0.2) is 35.4 Å². The number of carboxylic acids is 1. The zero-order valence-electron chi connectivity index (χ0n) is 14.7. The van der Waals surface area contributed by atoms with Gasteiger partial charge in [0.15, 0.2) is 0 Å². The standard InChI is InChI=1S/C11H22N2O4.2C2H6/c1-11(2,3)17-10(16)13-7-5-4-6-8(12)9(14)15;2*1-2/h8H,4-7,12H2,1-3H3,(H,13,16)(H,14,15);2*1-2H3. The molecule has 0 aliphatic heterocycles. The fraction of sp³-hybridized carbons (Fsp3) is 0.867. The van der Waals surface area contributed by atoms with Gasteiger partial charge in [0.2, 0.25) is 0 Å². The summed E-state index contributed by atoms with van der Waals surface area (Å²) in [6.07, 6.45) is 1.29. The smallest absolute Gasteiger partial charge is 0.407 e. The Labute approximate surface area is 129 Å². The molecule has 0 aromatic carbocycles. The number of carbonyl (C=O) groups excluding carboxylic acids is 1. The Morgan fingerprint density at radius 3 is 2.00 bits per heavy atom. The number of nitrogens with two attached hydrogens (primary N) is 1. The summed E-state index contributed by atoms with van der Waals surface area (Å²) in [6, 6.07) is -0.823. The van der Waals surface area contributed by atoms with Gasteiger partial charge in [0.1, 0.15) is 11.6 Å². The molecule has 0 radical (unpaired) electrons. The normalized spacial score (nSPS) is 11.0. The average molecular weight is 306 g/mol. The van der Waals surface area contributed by atoms with Crippen LogP contribution < -0.4 is 11.1 Å². The second kappa shape index (κ2) is 15.1. The van der Waals surface area contributed by atoms with Crippen molar-refractivity contribution in [2.24, 2.45) is 5.73 Å². The molecule has 6 nitrogen and oxygen atoms in total. The van der Waals surface area contributed by atoms with Crippen LogP contribution in [0, 0.1) is 0 Å². The van der Waals surface area contributed by atoms with Crippen molar-refractivity contribution in [3.05, 3.63) is 0 Å². The fourth-order valence-electron chi connectivity index (χ4n) is 1.12. The largest absolute Gasteiger partial charge is 0.480 e. The first kappa shape index (κ1) is 24.7. The Hall–Kier alpha value is -1.30. The van der Waals surface area contributed by atoms with Gasteiger partial charge in [0.05, 0.1) is 0 Å². The third kappa shape index (κ3) is 21.2. The topological polar surface area (TPSA) is 102 Å². The molecule has 1 amide bonds. The molecule has 0 heterocycles. The summed E-state index contributed by atoms with van der Waals surface area (Å²) in [6.45, 7) is 13.8. The van der Waals surface area contributed by atoms with E-state index in [2.05, 4.69) is 5.32 Å². The van der Waals surface area contributed by atoms with Gasteiger partial charge in [0.25, 0.3) is 0 Å². The van der Waals surface area contributed by atoms with E-state index in [9.17, 15) is 9.59 Å². The number of ether oxygens (including phenoxy) is 1. The molecule has 1 unspecified atom stereocenters. The molecule has 0 saturated heterocycles. The number of unbranched alkanes of at least 4 members (excludes halogenated alkanes) is 1. The van der Waals surface area contributed by atoms with Crippen molar-refractivity contribution >= 4 is 12.1 Å². The molecule has 0 aliphatic rings. The SMILES string of the molecule is CC.CC.CC(C)(C)OC(=O)NCCCCC(N)C(=O)O. The molecule has 0 saturated carbocycles. The van der Waals surface area contributed by atoms with Gasteiger partial charge in [-0.25, -0.2) is 4.79 Å². The zero-order valence-corrected chi connectivity index (χ0v) is 14.7. The fourth-order valence-corrected chi connectivity index (χ4v) is 1.12. The van der Waals surface area contributed by atoms with Crippen LogP contribution in [0.1, 0.15) is 67.7 Å². The van der Waals surface area contributed by atoms with E-state index in [4.69, 9.17) is 15.6 Å². The molecular formula is C15H34N2O4. The number of rotatable bonds is 6. The van der Waals surface area contributed by atoms with Gasteiger partial charge < -0.3 is 20.9 Å². The first-order valence-electron chi connectivity index (χ1n) is 7.67. The molecule has 6 heteroatoms. The Morgan fingerprint density at radius 2 is 1.62 bits per heavy atom. The first-order chi connectivity index (χ1) is 9.72. The predicted octanol–water partition coefficient (Wildman–Crippen LogP) is 3.15. The minimum absolute atomic E-state index is 0.408. The lowest BCUT2D eigenvalue weighted by molar-refractivity contribution is -0.138. The van der Waals surface area contributed by atoms with Crippen LogP contribution >= 0.6 is 0 Å². The van der Waals surface area contributed by atoms with Gasteiger partial charge in [-0.3, -0.25) is 4.79 Å². The Balaban J connectivity index is -0.000000739. The van der Waals surface area contributed by atoms with Crippen LogP contribution in [0.25, 0.3) is 0 Å². The van der Waals surface area contributed by atoms with Crippen molar-refractivity contribution in [1.29, 1.82) is 0 Å². The summed E-state index contributed by atoms with van der Waals surface area (Å²) in [5, 5.41) is 11.1. The van der Waals surface area contributed by atoms with E-state index < -0.39 is 23.7 Å². The van der Waals surface area contributed by atoms with Crippen molar-refractivity contribution in [2.45, 2.75) is 79.4 Å². The minimum atomic E-state index is -0.995. The maximum absolute atomic E-state index is 11.2. The maximum atomic E-state index is 11.2. The molecule has 21 heavy (non-hydrogen) atoms. The summed E-state index contributed by atoms with van der Waals surface area (Å²) >= 11 is 0. The van der Waals surface area contributed by atoms with E-state index in [-0.39, 0.29) is 0 Å². The van der Waals surface area contributed by atoms with Crippen LogP contribution in [0.15, 0.2) is 0 Å². The van der Waals surface area contributed by atoms with E-state index in [1.807, 2.05) is 27.7 Å². The molecule has 0 aromatic rings. The molecule has 0 rings (SSSR count). The number of carbonyl (C=O) groups is 2. The third-order valence-electron chi connectivity index (χ3n) is 1.93. The van der Waals surface area contributed by atoms with Gasteiger partial charge in [-0.05, 0) is 40.0 Å². The van der Waals surface area contributed by atoms with E-state index in [0.29, 0.717) is 25.8 Å². The second-order valence-electron chi connectivity index (χ2n) is 4.87. The number of carboxylic acid groups (broad SMARTS) is 1. The van der Waals surface area contributed by atoms with Crippen molar-refractivity contribution in [1.82, 2.24) is 5.32 Å². The predicted molar refractivity (Wildman–Crippen MR) is 86.4 cm³/mol. The Kier molecular flexibility index (Phi) is 17.8. The summed E-state index contributed by atoms with van der Waals surface area (Å²) in [7, 11) is 0. The highest BCUT2D eigenvalue weighted by atomic mass is 16.6. The van der Waals surface area contributed by atoms with Crippen molar-refractivity contribution < 1.29 is 19.4 Å². The van der Waals surface area contributed by atoms with Crippen molar-refractivity contribution in [3.8, 4) is 0 Å². The molecule has 4 N–H and O–H groups in total. The first-order valence-corrected chi connectivity index (χ1v) is 7.67. The Morgan fingerprint density at radius 1 is 1.14 bits per heavy atom. The van der Waals surface area contributed by atoms with Gasteiger partial charge >= 0.3 is 12.1 Å². The molecule has 0 aliphatic carbocycles. The monoisotopic (exact) mass is 306 g/mol. The third-order valence-corrected chi connectivity index (χ3v) is 1.93. The van der Waals surface area contributed by atoms with Crippen molar-refractivity contribution in [3.63, 3.8) is 0 Å². The number of hydrogen-bond donors (Lipinski definition) is 3. The lowest BCUT2D eigenvalue weighted by Gasteiger charge is -2.19. The minimum Gasteiger partial charge on any atom is -0.480 e. The molecule has 0 bridgehead atoms. The van der Waals surface area contributed by atoms with Gasteiger partial charge in [0, 0.05) is 6.54 Å². The van der Waals surface area contributed by atoms with E-state index >= 15 is 0 Å². The highest BCUT2D eigenvalue weighted by Gasteiger charge is 2.15. The number of alkyl carbamates (subject to hydrolysis) is 1. The van der Waals surface area contributed by atoms with Crippen LogP contribution in [0.5, 0.6) is 0 Å². The van der Waals surface area contributed by atoms with Gasteiger partial charge in [-0.15, -0.1) is 0 Å². The molecule has 0 aromatic heterocycles. The zero-order chi connectivity index (χ0) is 17.5. The van der Waals surface area contributed by atoms with E-state index in [1.165, 1.54) is 0 Å². The van der Waals surface area contributed by atoms with E-state index in [1.54, 1.807) is 20.8 Å². The highest BCUT2D eigenvalue weighted by Crippen LogP contribution is 2.06. The molecule has 0 spiro atoms. The summed E-state index contributed by atoms with van der Waals surface area (Å²) < 4.78 is 5.03. The highest BCUT2D eigenvalue weighted by molar-refractivity contribution is 5.72. The van der Waals surface area contributed by atoms with Crippen molar-refractivity contribution in [2.75, 3.05) is 6.54 Å². The molecule has 128 valence electrons. The average Bonchev–Trinajstić information content (AvgIpc) is 2.40. The number of aliphatic carboxylic acids is 1. The van der Waals surface area contributed by atoms with Crippen LogP contribution in [-0.2, 0) is 9.53 Å². The second-order valence-corrected chi connectivity index (χ2v) is 4.87. The molecule has 0 fully saturated rings. The van der Waals surface area contributed by atoms with Gasteiger partial charge in [-0.2, -0.15) is 0 Å². The van der Waals surface area contributed by atoms with E-state index in [0.717, 1.165) is 0 Å². The number of hydrogen-bond acceptors (Lipinski definition) is 4. The summed E-state index contributed by atoms with van der Waals surface area (Å²) in [4.78, 5) is 21.6. The molecule has 1 atom stereocenters. The molecular weight excluding hydrogens is 272 g/mol. The van der Waals surface area contributed by atoms with Crippen LogP contribution in [0.4, 0.5) is 4.79 Å². The number of nitrogens with one attached hydrogen (secondary N) is 1. The van der Waals surface area contributed by atoms with Crippen LogP contribution in [0.3, 0.4) is 0 Å². The summed E-state index contributed by atoms with van der Waals surface area (Å²) in [5.74, 6) is -0.995.